The number of aromatic nitrogens is 4. The van der Waals surface area contributed by atoms with Crippen LogP contribution in [0.3, 0.4) is 0 Å². The normalized spacial score (nSPS) is 14.0. The van der Waals surface area contributed by atoms with Crippen molar-refractivity contribution >= 4 is 28.4 Å². The van der Waals surface area contributed by atoms with Gasteiger partial charge in [-0.2, -0.15) is 0 Å². The van der Waals surface area contributed by atoms with E-state index in [0.29, 0.717) is 40.0 Å². The van der Waals surface area contributed by atoms with Gasteiger partial charge in [0.25, 0.3) is 5.91 Å². The number of carbonyl (C=O) groups excluding carboxylic acids is 1. The number of hydrogen-bond donors (Lipinski definition) is 2. The van der Waals surface area contributed by atoms with Gasteiger partial charge in [-0.1, -0.05) is 11.8 Å². The molecule has 1 aliphatic heterocycles. The van der Waals surface area contributed by atoms with Crippen LogP contribution >= 0.6 is 0 Å². The van der Waals surface area contributed by atoms with Crippen LogP contribution in [-0.4, -0.2) is 82.0 Å². The number of likely N-dealkylation sites (N-methyl/N-ethyl adjacent to an activating group) is 1. The summed E-state index contributed by atoms with van der Waals surface area (Å²) in [6, 6.07) is 9.03. The molecule has 0 saturated carbocycles. The van der Waals surface area contributed by atoms with Gasteiger partial charge in [-0.05, 0) is 51.2 Å². The Morgan fingerprint density at radius 3 is 2.55 bits per heavy atom. The number of ether oxygens (including phenoxy) is 1. The first-order chi connectivity index (χ1) is 19.4. The number of benzene rings is 1. The van der Waals surface area contributed by atoms with Crippen molar-refractivity contribution in [2.24, 2.45) is 0 Å². The fourth-order valence-corrected chi connectivity index (χ4v) is 4.30. The Morgan fingerprint density at radius 2 is 1.77 bits per heavy atom. The number of nitrogens with two attached hydrogens (primary N) is 1. The highest BCUT2D eigenvalue weighted by Crippen LogP contribution is 2.20. The Labute approximate surface area is 233 Å². The number of nitrogen functional groups attached to an aromatic ring is 1. The quantitative estimate of drug-likeness (QED) is 0.358. The van der Waals surface area contributed by atoms with Gasteiger partial charge in [0, 0.05) is 56.4 Å². The molecule has 1 aliphatic rings. The highest BCUT2D eigenvalue weighted by molar-refractivity contribution is 6.04. The van der Waals surface area contributed by atoms with E-state index in [2.05, 4.69) is 53.9 Å². The number of carbonyl (C=O) groups is 1. The second kappa shape index (κ2) is 12.1. The van der Waals surface area contributed by atoms with Crippen molar-refractivity contribution in [3.8, 4) is 17.6 Å². The number of pyridine rings is 2. The Hall–Kier alpha value is -4.59. The number of aryl methyl sites for hydroxylation is 2. The van der Waals surface area contributed by atoms with Gasteiger partial charge in [0.2, 0.25) is 0 Å². The molecule has 0 bridgehead atoms. The number of nitrogens with one attached hydrogen (secondary N) is 1. The van der Waals surface area contributed by atoms with Crippen LogP contribution in [-0.2, 0) is 0 Å². The Bertz CT molecular complexity index is 1590. The number of fused-ring (bicyclic) bond motifs is 1. The Kier molecular flexibility index (Phi) is 8.15. The third kappa shape index (κ3) is 6.51. The van der Waals surface area contributed by atoms with Crippen molar-refractivity contribution in [3.05, 3.63) is 77.0 Å². The van der Waals surface area contributed by atoms with Gasteiger partial charge in [-0.25, -0.2) is 15.0 Å². The van der Waals surface area contributed by atoms with Gasteiger partial charge in [-0.3, -0.25) is 14.7 Å². The predicted molar refractivity (Wildman–Crippen MR) is 155 cm³/mol. The summed E-state index contributed by atoms with van der Waals surface area (Å²) in [5, 5.41) is 2.90. The van der Waals surface area contributed by atoms with E-state index in [1.165, 1.54) is 6.20 Å². The van der Waals surface area contributed by atoms with Crippen molar-refractivity contribution in [2.75, 3.05) is 57.4 Å². The van der Waals surface area contributed by atoms with Gasteiger partial charge in [0.15, 0.2) is 0 Å². The van der Waals surface area contributed by atoms with Crippen molar-refractivity contribution < 1.29 is 9.53 Å². The van der Waals surface area contributed by atoms with Crippen LogP contribution in [0.4, 0.5) is 11.5 Å². The minimum absolute atomic E-state index is 0.270. The van der Waals surface area contributed by atoms with Gasteiger partial charge in [0.05, 0.1) is 28.7 Å². The molecule has 4 heterocycles. The number of anilines is 2. The summed E-state index contributed by atoms with van der Waals surface area (Å²) < 4.78 is 5.89. The minimum Gasteiger partial charge on any atom is -0.492 e. The van der Waals surface area contributed by atoms with Gasteiger partial charge >= 0.3 is 0 Å². The van der Waals surface area contributed by atoms with E-state index in [1.54, 1.807) is 18.5 Å². The summed E-state index contributed by atoms with van der Waals surface area (Å²) in [4.78, 5) is 35.2. The van der Waals surface area contributed by atoms with E-state index in [9.17, 15) is 4.79 Å². The van der Waals surface area contributed by atoms with E-state index in [0.717, 1.165) is 49.9 Å². The van der Waals surface area contributed by atoms with Crippen molar-refractivity contribution in [2.45, 2.75) is 13.8 Å². The van der Waals surface area contributed by atoms with Crippen LogP contribution in [0.5, 0.6) is 5.75 Å². The zero-order chi connectivity index (χ0) is 28.1. The second-order valence-electron chi connectivity index (χ2n) is 9.83. The van der Waals surface area contributed by atoms with E-state index < -0.39 is 0 Å². The van der Waals surface area contributed by atoms with Crippen LogP contribution in [0.25, 0.3) is 11.0 Å². The molecule has 10 heteroatoms. The highest BCUT2D eigenvalue weighted by atomic mass is 16.5. The average Bonchev–Trinajstić information content (AvgIpc) is 2.96. The maximum absolute atomic E-state index is 12.9. The predicted octanol–water partition coefficient (Wildman–Crippen LogP) is 2.90. The Balaban J connectivity index is 1.22. The minimum atomic E-state index is -0.289. The van der Waals surface area contributed by atoms with Gasteiger partial charge < -0.3 is 20.7 Å². The smallest absolute Gasteiger partial charge is 0.257 e. The second-order valence-corrected chi connectivity index (χ2v) is 9.83. The monoisotopic (exact) mass is 536 g/mol. The lowest BCUT2D eigenvalue weighted by Gasteiger charge is -2.32. The summed E-state index contributed by atoms with van der Waals surface area (Å²) in [7, 11) is 2.15. The molecule has 4 aromatic rings. The third-order valence-corrected chi connectivity index (χ3v) is 6.87. The molecule has 1 saturated heterocycles. The molecule has 40 heavy (non-hydrogen) atoms. The van der Waals surface area contributed by atoms with Crippen LogP contribution in [0, 0.1) is 25.7 Å². The molecule has 0 unspecified atom stereocenters. The molecule has 204 valence electrons. The van der Waals surface area contributed by atoms with Gasteiger partial charge in [-0.15, -0.1) is 0 Å². The summed E-state index contributed by atoms with van der Waals surface area (Å²) in [6.45, 7) is 9.61. The van der Waals surface area contributed by atoms with E-state index in [1.807, 2.05) is 38.1 Å². The largest absolute Gasteiger partial charge is 0.492 e. The van der Waals surface area contributed by atoms with Crippen LogP contribution < -0.4 is 15.8 Å². The third-order valence-electron chi connectivity index (χ3n) is 6.87. The first kappa shape index (κ1) is 27.0. The van der Waals surface area contributed by atoms with E-state index >= 15 is 0 Å². The van der Waals surface area contributed by atoms with Gasteiger partial charge in [0.1, 0.15) is 29.2 Å². The molecule has 0 spiro atoms. The number of nitrogens with zero attached hydrogens (tertiary/aromatic N) is 6. The summed E-state index contributed by atoms with van der Waals surface area (Å²) in [6.07, 6.45) is 4.69. The van der Waals surface area contributed by atoms with E-state index in [-0.39, 0.29) is 11.7 Å². The molecule has 1 amide bonds. The first-order valence-electron chi connectivity index (χ1n) is 13.2. The summed E-state index contributed by atoms with van der Waals surface area (Å²) in [5.74, 6) is 6.83. The number of piperazine rings is 1. The van der Waals surface area contributed by atoms with Crippen LogP contribution in [0.1, 0.15) is 32.9 Å². The molecular weight excluding hydrogens is 504 g/mol. The summed E-state index contributed by atoms with van der Waals surface area (Å²) >= 11 is 0. The molecule has 0 aliphatic carbocycles. The molecule has 10 nitrogen and oxygen atoms in total. The average molecular weight is 537 g/mol. The molecular formula is C30H32N8O2. The lowest BCUT2D eigenvalue weighted by Crippen LogP contribution is -2.45. The summed E-state index contributed by atoms with van der Waals surface area (Å²) in [5.41, 5.74) is 11.0. The lowest BCUT2D eigenvalue weighted by atomic mass is 10.1. The maximum atomic E-state index is 12.9. The molecule has 0 radical (unpaired) electrons. The van der Waals surface area contributed by atoms with Crippen molar-refractivity contribution in [1.82, 2.24) is 29.7 Å². The fraction of sp³-hybridized carbons (Fsp3) is 0.300. The molecule has 1 aromatic carbocycles. The highest BCUT2D eigenvalue weighted by Gasteiger charge is 2.14. The standard InChI is InChI=1S/C30H32N8O2/c1-20-21(2)35-28-26(29(31)33-19-27(28)34-20)9-4-22-16-23(18-32-17-22)30(39)36-24-5-7-25(8-6-24)40-15-14-38-12-10-37(3)11-13-38/h5-8,16-19H,10-15H2,1-3H3,(H2,31,33)(H,36,39). The Morgan fingerprint density at radius 1 is 1.02 bits per heavy atom. The fourth-order valence-electron chi connectivity index (χ4n) is 4.30. The molecule has 3 aromatic heterocycles. The number of hydrogen-bond acceptors (Lipinski definition) is 9. The maximum Gasteiger partial charge on any atom is 0.257 e. The number of rotatable bonds is 6. The first-order valence-corrected chi connectivity index (χ1v) is 13.2. The van der Waals surface area contributed by atoms with Crippen LogP contribution in [0.15, 0.2) is 48.9 Å². The lowest BCUT2D eigenvalue weighted by molar-refractivity contribution is 0.102. The van der Waals surface area contributed by atoms with Crippen molar-refractivity contribution in [3.63, 3.8) is 0 Å². The zero-order valence-electron chi connectivity index (χ0n) is 22.9. The SMILES string of the molecule is Cc1nc2cnc(N)c(C#Cc3cncc(C(=O)Nc4ccc(OCCN5CCN(C)CC5)cc4)c3)c2nc1C. The number of amides is 1. The molecule has 1 fully saturated rings. The van der Waals surface area contributed by atoms with Crippen LogP contribution in [0.2, 0.25) is 0 Å². The van der Waals surface area contributed by atoms with E-state index in [4.69, 9.17) is 10.5 Å². The zero-order valence-corrected chi connectivity index (χ0v) is 22.9. The molecule has 3 N–H and O–H groups in total. The molecule has 0 atom stereocenters. The topological polar surface area (TPSA) is 122 Å². The molecule has 5 rings (SSSR count). The van der Waals surface area contributed by atoms with Crippen molar-refractivity contribution in [1.29, 1.82) is 0 Å².